The van der Waals surface area contributed by atoms with Crippen LogP contribution in [-0.2, 0) is 6.54 Å². The maximum atomic E-state index is 12.5. The molecule has 5 nitrogen and oxygen atoms in total. The van der Waals surface area contributed by atoms with E-state index in [0.29, 0.717) is 12.5 Å². The van der Waals surface area contributed by atoms with Crippen LogP contribution >= 0.6 is 11.3 Å². The highest BCUT2D eigenvalue weighted by Crippen LogP contribution is 2.29. The van der Waals surface area contributed by atoms with Gasteiger partial charge in [-0.2, -0.15) is 0 Å². The molecule has 2 aromatic carbocycles. The fraction of sp³-hybridized carbons (Fsp3) is 0.300. The summed E-state index contributed by atoms with van der Waals surface area (Å²) in [4.78, 5) is 18.7. The van der Waals surface area contributed by atoms with E-state index in [1.807, 2.05) is 42.5 Å². The maximum absolute atomic E-state index is 12.5. The molecule has 26 heavy (non-hydrogen) atoms. The number of thiazole rings is 1. The van der Waals surface area contributed by atoms with Crippen LogP contribution in [0.4, 0.5) is 10.5 Å². The molecule has 0 atom stereocenters. The Bertz CT molecular complexity index is 903. The first kappa shape index (κ1) is 18.2. The summed E-state index contributed by atoms with van der Waals surface area (Å²) in [6.45, 7) is 4.79. The molecule has 0 saturated carbocycles. The van der Waals surface area contributed by atoms with Crippen molar-refractivity contribution in [1.29, 1.82) is 0 Å². The van der Waals surface area contributed by atoms with Crippen LogP contribution in [0.25, 0.3) is 10.2 Å². The molecular formula is C20H23N3O2S. The summed E-state index contributed by atoms with van der Waals surface area (Å²) in [5.41, 5.74) is 2.80. The zero-order valence-corrected chi connectivity index (χ0v) is 16.3. The molecule has 0 spiro atoms. The van der Waals surface area contributed by atoms with Crippen molar-refractivity contribution < 1.29 is 9.53 Å². The first-order valence-corrected chi connectivity index (χ1v) is 9.33. The van der Waals surface area contributed by atoms with E-state index in [1.165, 1.54) is 0 Å². The lowest BCUT2D eigenvalue weighted by Gasteiger charge is -2.18. The molecule has 0 unspecified atom stereocenters. The molecule has 0 saturated heterocycles. The van der Waals surface area contributed by atoms with Crippen molar-refractivity contribution in [2.45, 2.75) is 26.3 Å². The van der Waals surface area contributed by atoms with Crippen LogP contribution in [0.3, 0.4) is 0 Å². The Morgan fingerprint density at radius 2 is 1.96 bits per heavy atom. The van der Waals surface area contributed by atoms with Crippen LogP contribution in [0.2, 0.25) is 0 Å². The lowest BCUT2D eigenvalue weighted by atomic mass is 10.2. The Morgan fingerprint density at radius 3 is 2.62 bits per heavy atom. The maximum Gasteiger partial charge on any atom is 0.321 e. The third kappa shape index (κ3) is 4.14. The van der Waals surface area contributed by atoms with Gasteiger partial charge >= 0.3 is 6.03 Å². The van der Waals surface area contributed by atoms with Crippen LogP contribution in [0, 0.1) is 0 Å². The molecule has 0 aliphatic carbocycles. The van der Waals surface area contributed by atoms with Crippen molar-refractivity contribution in [3.05, 3.63) is 53.0 Å². The molecule has 2 amide bonds. The summed E-state index contributed by atoms with van der Waals surface area (Å²) in [7, 11) is 3.42. The van der Waals surface area contributed by atoms with Gasteiger partial charge in [-0.05, 0) is 35.9 Å². The number of carbonyl (C=O) groups excluding carboxylic acids is 1. The molecule has 1 aromatic heterocycles. The predicted octanol–water partition coefficient (Wildman–Crippen LogP) is 5.09. The Balaban J connectivity index is 1.66. The summed E-state index contributed by atoms with van der Waals surface area (Å²) >= 11 is 1.67. The molecule has 0 fully saturated rings. The number of urea groups is 1. The van der Waals surface area contributed by atoms with E-state index in [9.17, 15) is 4.79 Å². The van der Waals surface area contributed by atoms with Gasteiger partial charge < -0.3 is 15.0 Å². The standard InChI is InChI=1S/C20H23N3O2S/c1-13(2)19-22-17-10-7-15(11-18(17)26-19)21-20(24)23(3)12-14-5-8-16(25-4)9-6-14/h5-11,13H,12H2,1-4H3,(H,21,24). The minimum atomic E-state index is -0.145. The molecule has 0 radical (unpaired) electrons. The lowest BCUT2D eigenvalue weighted by Crippen LogP contribution is -2.30. The van der Waals surface area contributed by atoms with Crippen molar-refractivity contribution in [1.82, 2.24) is 9.88 Å². The number of carbonyl (C=O) groups is 1. The van der Waals surface area contributed by atoms with E-state index in [4.69, 9.17) is 4.74 Å². The molecule has 0 bridgehead atoms. The summed E-state index contributed by atoms with van der Waals surface area (Å²) in [5.74, 6) is 1.21. The number of hydrogen-bond donors (Lipinski definition) is 1. The Hall–Kier alpha value is -2.60. The summed E-state index contributed by atoms with van der Waals surface area (Å²) in [6, 6.07) is 13.4. The molecule has 3 aromatic rings. The first-order valence-electron chi connectivity index (χ1n) is 8.52. The van der Waals surface area contributed by atoms with Gasteiger partial charge in [-0.15, -0.1) is 11.3 Å². The van der Waals surface area contributed by atoms with E-state index in [1.54, 1.807) is 30.4 Å². The summed E-state index contributed by atoms with van der Waals surface area (Å²) in [6.07, 6.45) is 0. The van der Waals surface area contributed by atoms with Gasteiger partial charge in [0.1, 0.15) is 5.75 Å². The van der Waals surface area contributed by atoms with E-state index < -0.39 is 0 Å². The number of nitrogens with one attached hydrogen (secondary N) is 1. The van der Waals surface area contributed by atoms with E-state index in [0.717, 1.165) is 32.2 Å². The number of methoxy groups -OCH3 is 1. The van der Waals surface area contributed by atoms with Gasteiger partial charge in [-0.1, -0.05) is 26.0 Å². The average Bonchev–Trinajstić information content (AvgIpc) is 3.06. The second kappa shape index (κ2) is 7.74. The number of hydrogen-bond acceptors (Lipinski definition) is 4. The Labute approximate surface area is 157 Å². The minimum absolute atomic E-state index is 0.145. The molecule has 1 heterocycles. The number of amides is 2. The van der Waals surface area contributed by atoms with Gasteiger partial charge in [0, 0.05) is 25.2 Å². The van der Waals surface area contributed by atoms with Crippen molar-refractivity contribution in [3.8, 4) is 5.75 Å². The fourth-order valence-electron chi connectivity index (χ4n) is 2.56. The van der Waals surface area contributed by atoms with Gasteiger partial charge in [-0.25, -0.2) is 9.78 Å². The van der Waals surface area contributed by atoms with Crippen LogP contribution in [0.15, 0.2) is 42.5 Å². The number of nitrogens with zero attached hydrogens (tertiary/aromatic N) is 2. The second-order valence-electron chi connectivity index (χ2n) is 6.52. The topological polar surface area (TPSA) is 54.5 Å². The van der Waals surface area contributed by atoms with Crippen LogP contribution in [0.1, 0.15) is 30.3 Å². The van der Waals surface area contributed by atoms with E-state index >= 15 is 0 Å². The zero-order valence-electron chi connectivity index (χ0n) is 15.4. The highest BCUT2D eigenvalue weighted by atomic mass is 32.1. The summed E-state index contributed by atoms with van der Waals surface area (Å²) < 4.78 is 6.24. The highest BCUT2D eigenvalue weighted by Gasteiger charge is 2.12. The quantitative estimate of drug-likeness (QED) is 0.681. The van der Waals surface area contributed by atoms with E-state index in [2.05, 4.69) is 24.1 Å². The Morgan fingerprint density at radius 1 is 1.23 bits per heavy atom. The van der Waals surface area contributed by atoms with Crippen LogP contribution in [-0.4, -0.2) is 30.1 Å². The molecule has 136 valence electrons. The van der Waals surface area contributed by atoms with Crippen LogP contribution in [0.5, 0.6) is 5.75 Å². The SMILES string of the molecule is COc1ccc(CN(C)C(=O)Nc2ccc3nc(C(C)C)sc3c2)cc1. The van der Waals surface area contributed by atoms with Crippen molar-refractivity contribution in [2.24, 2.45) is 0 Å². The fourth-order valence-corrected chi connectivity index (χ4v) is 3.57. The molecule has 3 rings (SSSR count). The van der Waals surface area contributed by atoms with Crippen molar-refractivity contribution in [3.63, 3.8) is 0 Å². The molecule has 0 aliphatic rings. The van der Waals surface area contributed by atoms with Crippen molar-refractivity contribution >= 4 is 33.3 Å². The van der Waals surface area contributed by atoms with Gasteiger partial charge in [-0.3, -0.25) is 0 Å². The molecule has 1 N–H and O–H groups in total. The number of fused-ring (bicyclic) bond motifs is 1. The molecule has 6 heteroatoms. The molecule has 0 aliphatic heterocycles. The van der Waals surface area contributed by atoms with Gasteiger partial charge in [0.05, 0.1) is 22.3 Å². The first-order chi connectivity index (χ1) is 12.5. The minimum Gasteiger partial charge on any atom is -0.497 e. The average molecular weight is 369 g/mol. The normalized spacial score (nSPS) is 11.0. The largest absolute Gasteiger partial charge is 0.497 e. The van der Waals surface area contributed by atoms with Gasteiger partial charge in [0.15, 0.2) is 0 Å². The monoisotopic (exact) mass is 369 g/mol. The predicted molar refractivity (Wildman–Crippen MR) is 107 cm³/mol. The molecular weight excluding hydrogens is 346 g/mol. The smallest absolute Gasteiger partial charge is 0.321 e. The number of benzene rings is 2. The zero-order chi connectivity index (χ0) is 18.7. The van der Waals surface area contributed by atoms with Crippen molar-refractivity contribution in [2.75, 3.05) is 19.5 Å². The van der Waals surface area contributed by atoms with Crippen LogP contribution < -0.4 is 10.1 Å². The lowest BCUT2D eigenvalue weighted by molar-refractivity contribution is 0.220. The van der Waals surface area contributed by atoms with E-state index in [-0.39, 0.29) is 6.03 Å². The number of rotatable bonds is 5. The number of ether oxygens (including phenoxy) is 1. The highest BCUT2D eigenvalue weighted by molar-refractivity contribution is 7.18. The van der Waals surface area contributed by atoms with Gasteiger partial charge in [0.2, 0.25) is 0 Å². The Kier molecular flexibility index (Phi) is 5.42. The number of aromatic nitrogens is 1. The third-order valence-corrected chi connectivity index (χ3v) is 5.39. The summed E-state index contributed by atoms with van der Waals surface area (Å²) in [5, 5.41) is 4.07. The third-order valence-electron chi connectivity index (χ3n) is 4.08. The number of anilines is 1. The van der Waals surface area contributed by atoms with Gasteiger partial charge in [0.25, 0.3) is 0 Å². The second-order valence-corrected chi connectivity index (χ2v) is 7.59.